The van der Waals surface area contributed by atoms with E-state index in [0.29, 0.717) is 28.4 Å². The summed E-state index contributed by atoms with van der Waals surface area (Å²) in [7, 11) is 0. The second-order valence-corrected chi connectivity index (χ2v) is 6.83. The minimum atomic E-state index is -0.453. The van der Waals surface area contributed by atoms with Crippen molar-refractivity contribution < 1.29 is 9.59 Å². The molecule has 0 radical (unpaired) electrons. The van der Waals surface area contributed by atoms with E-state index in [1.165, 1.54) is 11.3 Å². The molecule has 2 aromatic rings. The topological polar surface area (TPSA) is 94.3 Å². The third-order valence-electron chi connectivity index (χ3n) is 4.03. The lowest BCUT2D eigenvalue weighted by atomic mass is 10.0. The van der Waals surface area contributed by atoms with Gasteiger partial charge < -0.3 is 10.6 Å². The molecule has 7 heteroatoms. The number of hydrogen-bond acceptors (Lipinski definition) is 5. The number of fused-ring (bicyclic) bond motifs is 1. The Morgan fingerprint density at radius 1 is 1.19 bits per heavy atom. The minimum absolute atomic E-state index is 0.0566. The zero-order valence-corrected chi connectivity index (χ0v) is 15.6. The summed E-state index contributed by atoms with van der Waals surface area (Å²) in [5, 5.41) is 16.9. The number of nitriles is 1. The van der Waals surface area contributed by atoms with Crippen molar-refractivity contribution >= 4 is 34.7 Å². The third-order valence-corrected chi connectivity index (χ3v) is 4.90. The van der Waals surface area contributed by atoms with Crippen LogP contribution >= 0.6 is 11.3 Å². The molecule has 0 aliphatic carbocycles. The van der Waals surface area contributed by atoms with Gasteiger partial charge in [0.25, 0.3) is 11.8 Å². The van der Waals surface area contributed by atoms with Crippen LogP contribution < -0.4 is 10.6 Å². The Labute approximate surface area is 161 Å². The first-order chi connectivity index (χ1) is 13.2. The summed E-state index contributed by atoms with van der Waals surface area (Å²) in [6.07, 6.45) is 1.78. The SMILES string of the molecule is CCCCNC(=O)/C(C#N)=C1\N=C(NC(=O)c2cccs2)c2ccccc21. The van der Waals surface area contributed by atoms with E-state index in [9.17, 15) is 14.9 Å². The highest BCUT2D eigenvalue weighted by Crippen LogP contribution is 2.30. The number of unbranched alkanes of at least 4 members (excludes halogenated alkanes) is 1. The molecule has 0 spiro atoms. The standard InChI is InChI=1S/C20H18N4O2S/c1-2-3-10-22-19(25)15(12-21)17-13-7-4-5-8-14(13)18(23-17)24-20(26)16-9-6-11-27-16/h4-9,11H,2-3,10H2,1H3,(H,22,25)(H,23,24,26)/b17-15-. The first-order valence-electron chi connectivity index (χ1n) is 8.61. The van der Waals surface area contributed by atoms with Gasteiger partial charge in [-0.15, -0.1) is 11.3 Å². The molecule has 0 atom stereocenters. The van der Waals surface area contributed by atoms with Crippen LogP contribution in [0, 0.1) is 11.3 Å². The van der Waals surface area contributed by atoms with Crippen molar-refractivity contribution in [3.05, 3.63) is 63.4 Å². The first-order valence-corrected chi connectivity index (χ1v) is 9.49. The van der Waals surface area contributed by atoms with Crippen LogP contribution in [-0.4, -0.2) is 24.2 Å². The van der Waals surface area contributed by atoms with Crippen molar-refractivity contribution in [2.45, 2.75) is 19.8 Å². The first kappa shape index (κ1) is 18.5. The average molecular weight is 378 g/mol. The molecule has 1 aromatic heterocycles. The van der Waals surface area contributed by atoms with Crippen molar-refractivity contribution in [3.8, 4) is 6.07 Å². The van der Waals surface area contributed by atoms with Gasteiger partial charge in [-0.2, -0.15) is 5.26 Å². The number of amidine groups is 1. The van der Waals surface area contributed by atoms with E-state index in [2.05, 4.69) is 15.6 Å². The van der Waals surface area contributed by atoms with Gasteiger partial charge >= 0.3 is 0 Å². The lowest BCUT2D eigenvalue weighted by Gasteiger charge is -2.05. The van der Waals surface area contributed by atoms with Crippen LogP contribution in [0.3, 0.4) is 0 Å². The van der Waals surface area contributed by atoms with Gasteiger partial charge in [0.2, 0.25) is 0 Å². The maximum atomic E-state index is 12.4. The molecule has 27 heavy (non-hydrogen) atoms. The maximum absolute atomic E-state index is 12.4. The summed E-state index contributed by atoms with van der Waals surface area (Å²) in [6, 6.07) is 12.7. The molecule has 3 rings (SSSR count). The predicted octanol–water partition coefficient (Wildman–Crippen LogP) is 3.09. The van der Waals surface area contributed by atoms with Gasteiger partial charge in [0.1, 0.15) is 17.5 Å². The van der Waals surface area contributed by atoms with E-state index in [-0.39, 0.29) is 17.2 Å². The molecule has 2 amide bonds. The summed E-state index contributed by atoms with van der Waals surface area (Å²) < 4.78 is 0. The fourth-order valence-electron chi connectivity index (χ4n) is 2.67. The van der Waals surface area contributed by atoms with Gasteiger partial charge in [0, 0.05) is 17.7 Å². The van der Waals surface area contributed by atoms with Crippen LogP contribution in [0.5, 0.6) is 0 Å². The Bertz CT molecular complexity index is 968. The van der Waals surface area contributed by atoms with Crippen LogP contribution in [0.25, 0.3) is 5.70 Å². The van der Waals surface area contributed by atoms with E-state index in [4.69, 9.17) is 0 Å². The summed E-state index contributed by atoms with van der Waals surface area (Å²) in [5.41, 5.74) is 1.56. The molecule has 1 aliphatic rings. The van der Waals surface area contributed by atoms with Crippen LogP contribution in [0.4, 0.5) is 0 Å². The van der Waals surface area contributed by atoms with Gasteiger partial charge in [0.05, 0.1) is 10.6 Å². The Morgan fingerprint density at radius 2 is 1.96 bits per heavy atom. The highest BCUT2D eigenvalue weighted by molar-refractivity contribution is 7.12. The van der Waals surface area contributed by atoms with Gasteiger partial charge in [0.15, 0.2) is 0 Å². The fourth-order valence-corrected chi connectivity index (χ4v) is 3.29. The van der Waals surface area contributed by atoms with Gasteiger partial charge in [-0.05, 0) is 17.9 Å². The molecular formula is C20H18N4O2S. The third kappa shape index (κ3) is 3.96. The molecule has 6 nitrogen and oxygen atoms in total. The molecular weight excluding hydrogens is 360 g/mol. The Balaban J connectivity index is 1.95. The monoisotopic (exact) mass is 378 g/mol. The highest BCUT2D eigenvalue weighted by atomic mass is 32.1. The minimum Gasteiger partial charge on any atom is -0.351 e. The van der Waals surface area contributed by atoms with Crippen LogP contribution in [0.1, 0.15) is 40.6 Å². The quantitative estimate of drug-likeness (QED) is 0.475. The number of carbonyl (C=O) groups is 2. The molecule has 0 saturated carbocycles. The Morgan fingerprint density at radius 3 is 2.63 bits per heavy atom. The van der Waals surface area contributed by atoms with Crippen molar-refractivity contribution in [1.29, 1.82) is 5.26 Å². The normalized spacial score (nSPS) is 14.0. The Kier molecular flexibility index (Phi) is 5.79. The van der Waals surface area contributed by atoms with Crippen molar-refractivity contribution in [1.82, 2.24) is 10.6 Å². The van der Waals surface area contributed by atoms with E-state index in [0.717, 1.165) is 12.8 Å². The molecule has 2 N–H and O–H groups in total. The van der Waals surface area contributed by atoms with Crippen LogP contribution in [-0.2, 0) is 4.79 Å². The van der Waals surface area contributed by atoms with Crippen LogP contribution in [0.2, 0.25) is 0 Å². The lowest BCUT2D eigenvalue weighted by molar-refractivity contribution is -0.117. The fraction of sp³-hybridized carbons (Fsp3) is 0.200. The van der Waals surface area contributed by atoms with E-state index < -0.39 is 5.91 Å². The molecule has 0 saturated heterocycles. The molecule has 0 fully saturated rings. The number of hydrogen-bond donors (Lipinski definition) is 2. The molecule has 0 bridgehead atoms. The second-order valence-electron chi connectivity index (χ2n) is 5.88. The smallest absolute Gasteiger partial charge is 0.266 e. The summed E-state index contributed by atoms with van der Waals surface area (Å²) >= 11 is 1.33. The van der Waals surface area contributed by atoms with Gasteiger partial charge in [-0.25, -0.2) is 4.99 Å². The number of nitrogens with one attached hydrogen (secondary N) is 2. The number of nitrogens with zero attached hydrogens (tertiary/aromatic N) is 2. The number of aliphatic imine (C=N–C) groups is 1. The van der Waals surface area contributed by atoms with Gasteiger partial charge in [-0.1, -0.05) is 43.7 Å². The molecule has 1 aromatic carbocycles. The summed E-state index contributed by atoms with van der Waals surface area (Å²) in [5.74, 6) is -0.385. The maximum Gasteiger partial charge on any atom is 0.266 e. The highest BCUT2D eigenvalue weighted by Gasteiger charge is 2.27. The number of rotatable bonds is 5. The number of amides is 2. The summed E-state index contributed by atoms with van der Waals surface area (Å²) in [6.45, 7) is 2.52. The largest absolute Gasteiger partial charge is 0.351 e. The second kappa shape index (κ2) is 8.43. The van der Waals surface area contributed by atoms with E-state index in [1.54, 1.807) is 24.3 Å². The molecule has 1 aliphatic heterocycles. The number of thiophene rings is 1. The zero-order chi connectivity index (χ0) is 19.2. The Hall–Kier alpha value is -3.24. The molecule has 2 heterocycles. The number of carbonyl (C=O) groups excluding carboxylic acids is 2. The van der Waals surface area contributed by atoms with E-state index in [1.807, 2.05) is 30.5 Å². The van der Waals surface area contributed by atoms with Crippen molar-refractivity contribution in [3.63, 3.8) is 0 Å². The average Bonchev–Trinajstić information content (AvgIpc) is 3.32. The number of benzene rings is 1. The van der Waals surface area contributed by atoms with Crippen molar-refractivity contribution in [2.75, 3.05) is 6.54 Å². The molecule has 136 valence electrons. The molecule has 0 unspecified atom stereocenters. The van der Waals surface area contributed by atoms with Crippen molar-refractivity contribution in [2.24, 2.45) is 4.99 Å². The zero-order valence-electron chi connectivity index (χ0n) is 14.8. The predicted molar refractivity (Wildman–Crippen MR) is 105 cm³/mol. The summed E-state index contributed by atoms with van der Waals surface area (Å²) in [4.78, 5) is 29.8. The van der Waals surface area contributed by atoms with Crippen LogP contribution in [0.15, 0.2) is 52.3 Å². The van der Waals surface area contributed by atoms with E-state index >= 15 is 0 Å². The van der Waals surface area contributed by atoms with Gasteiger partial charge in [-0.3, -0.25) is 9.59 Å². The lowest BCUT2D eigenvalue weighted by Crippen LogP contribution is -2.29.